The van der Waals surface area contributed by atoms with Crippen molar-refractivity contribution in [2.45, 2.75) is 26.4 Å². The van der Waals surface area contributed by atoms with Crippen molar-refractivity contribution in [2.75, 3.05) is 24.5 Å². The van der Waals surface area contributed by atoms with E-state index in [0.717, 1.165) is 5.56 Å². The molecule has 1 aromatic heterocycles. The third-order valence-electron chi connectivity index (χ3n) is 6.15. The number of carbonyl (C=O) groups is 3. The minimum atomic E-state index is -5.08. The zero-order chi connectivity index (χ0) is 29.8. The van der Waals surface area contributed by atoms with Crippen molar-refractivity contribution in [3.05, 3.63) is 92.4 Å². The Morgan fingerprint density at radius 2 is 1.62 bits per heavy atom. The number of aliphatic carboxylic acids is 1. The van der Waals surface area contributed by atoms with E-state index in [-0.39, 0.29) is 36.7 Å². The zero-order valence-corrected chi connectivity index (χ0v) is 21.2. The number of carbonyl (C=O) groups excluding carboxylic acids is 2. The summed E-state index contributed by atoms with van der Waals surface area (Å²) >= 11 is 0. The Morgan fingerprint density at radius 1 is 1.00 bits per heavy atom. The third kappa shape index (κ3) is 7.07. The van der Waals surface area contributed by atoms with Gasteiger partial charge in [-0.3, -0.25) is 14.4 Å². The number of nitrogens with zero attached hydrogens (tertiary/aromatic N) is 3. The van der Waals surface area contributed by atoms with Crippen molar-refractivity contribution in [1.82, 2.24) is 15.1 Å². The molecule has 2 N–H and O–H groups in total. The molecule has 9 nitrogen and oxygen atoms in total. The van der Waals surface area contributed by atoms with Gasteiger partial charge in [-0.05, 0) is 61.4 Å². The topological polar surface area (TPSA) is 124 Å². The summed E-state index contributed by atoms with van der Waals surface area (Å²) in [5, 5.41) is 13.6. The van der Waals surface area contributed by atoms with Crippen molar-refractivity contribution in [3.63, 3.8) is 0 Å². The highest BCUT2D eigenvalue weighted by Gasteiger charge is 2.38. The lowest BCUT2D eigenvalue weighted by Crippen LogP contribution is -2.52. The van der Waals surface area contributed by atoms with E-state index in [4.69, 9.17) is 9.90 Å². The van der Waals surface area contributed by atoms with Crippen molar-refractivity contribution >= 4 is 23.5 Å². The van der Waals surface area contributed by atoms with E-state index in [1.807, 2.05) is 0 Å². The second kappa shape index (κ2) is 12.1. The van der Waals surface area contributed by atoms with Gasteiger partial charge in [0.2, 0.25) is 5.91 Å². The first kappa shape index (κ1) is 29.9. The highest BCUT2D eigenvalue weighted by Crippen LogP contribution is 2.21. The van der Waals surface area contributed by atoms with Crippen LogP contribution in [0.4, 0.5) is 27.6 Å². The second-order valence-corrected chi connectivity index (χ2v) is 8.79. The maximum absolute atomic E-state index is 14.5. The van der Waals surface area contributed by atoms with Crippen LogP contribution in [0.3, 0.4) is 0 Å². The first-order chi connectivity index (χ1) is 18.7. The number of anilines is 1. The number of aromatic nitrogens is 2. The highest BCUT2D eigenvalue weighted by molar-refractivity contribution is 6.01. The molecule has 2 aromatic carbocycles. The number of H-pyrrole nitrogens is 1. The summed E-state index contributed by atoms with van der Waals surface area (Å²) in [5.41, 5.74) is 2.71. The fourth-order valence-electron chi connectivity index (χ4n) is 3.80. The number of halogens is 5. The molecule has 1 aliphatic rings. The molecule has 3 aromatic rings. The standard InChI is InChI=1S/C24H22F2N4O3.C2HF3O2/c1-14-15(2)23(32)28-27-21(14)12-16-3-8-20(26)19(11-16)24(33)29-9-10-30(22(31)13-29)18-6-4-17(25)5-7-18;3-2(4,5)1(6)7/h3-8,11H,9-10,12-13H2,1-2H3,(H,28,32);(H,6,7). The zero-order valence-electron chi connectivity index (χ0n) is 21.2. The Morgan fingerprint density at radius 3 is 2.20 bits per heavy atom. The third-order valence-corrected chi connectivity index (χ3v) is 6.15. The number of hydrogen-bond donors (Lipinski definition) is 2. The average molecular weight is 566 g/mol. The van der Waals surface area contributed by atoms with Gasteiger partial charge in [-0.15, -0.1) is 0 Å². The number of carboxylic acid groups (broad SMARTS) is 1. The number of hydrogen-bond acceptors (Lipinski definition) is 5. The van der Waals surface area contributed by atoms with Crippen molar-refractivity contribution < 1.29 is 41.4 Å². The first-order valence-corrected chi connectivity index (χ1v) is 11.7. The molecule has 0 unspecified atom stereocenters. The van der Waals surface area contributed by atoms with Crippen LogP contribution in [0, 0.1) is 25.5 Å². The predicted octanol–water partition coefficient (Wildman–Crippen LogP) is 3.38. The Hall–Kier alpha value is -4.62. The summed E-state index contributed by atoms with van der Waals surface area (Å²) in [6, 6.07) is 9.77. The van der Waals surface area contributed by atoms with Gasteiger partial charge in [0.1, 0.15) is 18.2 Å². The summed E-state index contributed by atoms with van der Waals surface area (Å²) in [4.78, 5) is 49.0. The molecule has 1 fully saturated rings. The first-order valence-electron chi connectivity index (χ1n) is 11.7. The molecule has 40 heavy (non-hydrogen) atoms. The van der Waals surface area contributed by atoms with Crippen LogP contribution in [0.15, 0.2) is 47.3 Å². The van der Waals surface area contributed by atoms with Gasteiger partial charge in [-0.25, -0.2) is 18.7 Å². The van der Waals surface area contributed by atoms with Gasteiger partial charge in [-0.2, -0.15) is 18.3 Å². The van der Waals surface area contributed by atoms with E-state index < -0.39 is 29.7 Å². The Bertz CT molecular complexity index is 1490. The quantitative estimate of drug-likeness (QED) is 0.467. The molecule has 212 valence electrons. The van der Waals surface area contributed by atoms with Gasteiger partial charge >= 0.3 is 12.1 Å². The molecule has 0 spiro atoms. The van der Waals surface area contributed by atoms with Gasteiger partial charge < -0.3 is 14.9 Å². The van der Waals surface area contributed by atoms with Crippen LogP contribution in [0.2, 0.25) is 0 Å². The lowest BCUT2D eigenvalue weighted by Gasteiger charge is -2.34. The van der Waals surface area contributed by atoms with Crippen molar-refractivity contribution in [3.8, 4) is 0 Å². The van der Waals surface area contributed by atoms with Gasteiger partial charge in [0.05, 0.1) is 11.3 Å². The number of benzene rings is 2. The highest BCUT2D eigenvalue weighted by atomic mass is 19.4. The molecule has 4 rings (SSSR count). The molecule has 0 atom stereocenters. The summed E-state index contributed by atoms with van der Waals surface area (Å²) < 4.78 is 59.4. The Kier molecular flexibility index (Phi) is 9.02. The number of rotatable bonds is 4. The number of alkyl halides is 3. The number of aromatic amines is 1. The van der Waals surface area contributed by atoms with Crippen molar-refractivity contribution in [2.24, 2.45) is 0 Å². The predicted molar refractivity (Wildman–Crippen MR) is 132 cm³/mol. The molecule has 0 bridgehead atoms. The molecule has 2 heterocycles. The van der Waals surface area contributed by atoms with E-state index in [1.165, 1.54) is 46.2 Å². The smallest absolute Gasteiger partial charge is 0.475 e. The number of piperazine rings is 1. The molecular weight excluding hydrogens is 543 g/mol. The Balaban J connectivity index is 0.000000559. The van der Waals surface area contributed by atoms with Crippen LogP contribution >= 0.6 is 0 Å². The molecular formula is C26H23F5N4O5. The number of carboxylic acids is 1. The van der Waals surface area contributed by atoms with Gasteiger partial charge in [0.25, 0.3) is 11.5 Å². The molecule has 0 aliphatic carbocycles. The van der Waals surface area contributed by atoms with E-state index in [0.29, 0.717) is 28.9 Å². The largest absolute Gasteiger partial charge is 0.490 e. The van der Waals surface area contributed by atoms with E-state index in [2.05, 4.69) is 10.2 Å². The monoisotopic (exact) mass is 566 g/mol. The van der Waals surface area contributed by atoms with Crippen LogP contribution in [0.5, 0.6) is 0 Å². The van der Waals surface area contributed by atoms with Crippen LogP contribution in [-0.2, 0) is 16.0 Å². The van der Waals surface area contributed by atoms with Gasteiger partial charge in [0.15, 0.2) is 0 Å². The normalized spacial score (nSPS) is 13.5. The van der Waals surface area contributed by atoms with Crippen LogP contribution in [0.1, 0.15) is 32.7 Å². The summed E-state index contributed by atoms with van der Waals surface area (Å²) in [5.74, 6) is -4.75. The summed E-state index contributed by atoms with van der Waals surface area (Å²) in [6.45, 7) is 3.71. The fourth-order valence-corrected chi connectivity index (χ4v) is 3.80. The minimum absolute atomic E-state index is 0.130. The maximum Gasteiger partial charge on any atom is 0.490 e. The maximum atomic E-state index is 14.5. The fraction of sp³-hybridized carbons (Fsp3) is 0.269. The van der Waals surface area contributed by atoms with Gasteiger partial charge in [-0.1, -0.05) is 6.07 Å². The van der Waals surface area contributed by atoms with Crippen LogP contribution in [0.25, 0.3) is 0 Å². The number of nitrogens with one attached hydrogen (secondary N) is 1. The minimum Gasteiger partial charge on any atom is -0.475 e. The van der Waals surface area contributed by atoms with Crippen LogP contribution in [-0.4, -0.2) is 63.8 Å². The molecule has 2 amide bonds. The molecule has 0 saturated carbocycles. The molecule has 1 aliphatic heterocycles. The van der Waals surface area contributed by atoms with Gasteiger partial charge in [0, 0.05) is 30.8 Å². The molecule has 1 saturated heterocycles. The molecule has 14 heteroatoms. The summed E-state index contributed by atoms with van der Waals surface area (Å²) in [6.07, 6.45) is -4.78. The van der Waals surface area contributed by atoms with Crippen molar-refractivity contribution in [1.29, 1.82) is 0 Å². The Labute approximate surface area is 223 Å². The second-order valence-electron chi connectivity index (χ2n) is 8.79. The lowest BCUT2D eigenvalue weighted by atomic mass is 10.0. The SMILES string of the molecule is Cc1c(Cc2ccc(F)c(C(=O)N3CCN(c4ccc(F)cc4)C(=O)C3)c2)n[nH]c(=O)c1C.O=C(O)C(F)(F)F. The van der Waals surface area contributed by atoms with E-state index in [9.17, 15) is 36.3 Å². The summed E-state index contributed by atoms with van der Waals surface area (Å²) in [7, 11) is 0. The van der Waals surface area contributed by atoms with E-state index in [1.54, 1.807) is 19.9 Å². The average Bonchev–Trinajstić information content (AvgIpc) is 2.90. The lowest BCUT2D eigenvalue weighted by molar-refractivity contribution is -0.192. The van der Waals surface area contributed by atoms with E-state index >= 15 is 0 Å². The number of amides is 2. The van der Waals surface area contributed by atoms with Crippen LogP contribution < -0.4 is 10.5 Å². The molecule has 0 radical (unpaired) electrons.